The lowest BCUT2D eigenvalue weighted by Gasteiger charge is -2.10. The molecule has 0 spiro atoms. The Bertz CT molecular complexity index is 497. The molecule has 0 saturated heterocycles. The maximum absolute atomic E-state index is 10.9. The lowest BCUT2D eigenvalue weighted by molar-refractivity contribution is 0.199. The Morgan fingerprint density at radius 3 is 2.61 bits per heavy atom. The van der Waals surface area contributed by atoms with E-state index in [0.29, 0.717) is 29.4 Å². The van der Waals surface area contributed by atoms with Crippen molar-refractivity contribution >= 4 is 21.4 Å². The van der Waals surface area contributed by atoms with Gasteiger partial charge in [-0.3, -0.25) is 0 Å². The van der Waals surface area contributed by atoms with E-state index < -0.39 is 15.9 Å². The van der Waals surface area contributed by atoms with Crippen LogP contribution in [0.1, 0.15) is 25.0 Å². The fourth-order valence-corrected chi connectivity index (χ4v) is 2.28. The van der Waals surface area contributed by atoms with E-state index in [0.717, 1.165) is 0 Å². The van der Waals surface area contributed by atoms with Crippen LogP contribution in [0.15, 0.2) is 18.2 Å². The highest BCUT2D eigenvalue weighted by Gasteiger charge is 2.07. The van der Waals surface area contributed by atoms with Crippen molar-refractivity contribution in [1.82, 2.24) is 0 Å². The average Bonchev–Trinajstić information content (AvgIpc) is 2.24. The van der Waals surface area contributed by atoms with Crippen molar-refractivity contribution in [2.75, 3.05) is 18.6 Å². The number of rotatable bonds is 6. The third-order valence-corrected chi connectivity index (χ3v) is 3.68. The largest absolute Gasteiger partial charge is 0.492 e. The molecule has 0 heterocycles. The van der Waals surface area contributed by atoms with Crippen LogP contribution in [0.2, 0.25) is 5.02 Å². The SMILES string of the molecule is C[C@@H](O)c1ccc(OCCCS(C)(=O)=O)c(Cl)c1. The molecule has 0 radical (unpaired) electrons. The van der Waals surface area contributed by atoms with Crippen molar-refractivity contribution in [2.24, 2.45) is 0 Å². The Morgan fingerprint density at radius 2 is 2.11 bits per heavy atom. The summed E-state index contributed by atoms with van der Waals surface area (Å²) < 4.78 is 27.2. The first kappa shape index (κ1) is 15.3. The van der Waals surface area contributed by atoms with Gasteiger partial charge in [-0.15, -0.1) is 0 Å². The van der Waals surface area contributed by atoms with Gasteiger partial charge in [0.15, 0.2) is 0 Å². The van der Waals surface area contributed by atoms with E-state index in [9.17, 15) is 13.5 Å². The molecule has 0 saturated carbocycles. The number of aliphatic hydroxyl groups is 1. The number of hydrogen-bond donors (Lipinski definition) is 1. The minimum atomic E-state index is -2.95. The Morgan fingerprint density at radius 1 is 1.44 bits per heavy atom. The summed E-state index contributed by atoms with van der Waals surface area (Å²) in [6.07, 6.45) is 1.03. The maximum Gasteiger partial charge on any atom is 0.147 e. The third kappa shape index (κ3) is 5.25. The zero-order valence-corrected chi connectivity index (χ0v) is 12.0. The van der Waals surface area contributed by atoms with Gasteiger partial charge >= 0.3 is 0 Å². The molecular formula is C12H17ClO4S. The predicted octanol–water partition coefficient (Wildman–Crippen LogP) is 2.21. The summed E-state index contributed by atoms with van der Waals surface area (Å²) in [4.78, 5) is 0. The number of benzene rings is 1. The summed E-state index contributed by atoms with van der Waals surface area (Å²) in [6, 6.07) is 5.03. The molecule has 1 atom stereocenters. The molecule has 18 heavy (non-hydrogen) atoms. The normalized spacial score (nSPS) is 13.3. The predicted molar refractivity (Wildman–Crippen MR) is 71.9 cm³/mol. The van der Waals surface area contributed by atoms with Crippen LogP contribution in [0, 0.1) is 0 Å². The molecule has 1 aromatic carbocycles. The monoisotopic (exact) mass is 292 g/mol. The maximum atomic E-state index is 10.9. The molecule has 102 valence electrons. The molecule has 1 aromatic rings. The summed E-state index contributed by atoms with van der Waals surface area (Å²) in [5.74, 6) is 0.589. The van der Waals surface area contributed by atoms with Gasteiger partial charge < -0.3 is 9.84 Å². The van der Waals surface area contributed by atoms with Crippen molar-refractivity contribution in [3.05, 3.63) is 28.8 Å². The first-order valence-corrected chi connectivity index (χ1v) is 8.01. The van der Waals surface area contributed by atoms with Gasteiger partial charge in [0.25, 0.3) is 0 Å². The van der Waals surface area contributed by atoms with Gasteiger partial charge in [0.1, 0.15) is 15.6 Å². The number of aliphatic hydroxyl groups excluding tert-OH is 1. The summed E-state index contributed by atoms with van der Waals surface area (Å²) in [5.41, 5.74) is 0.712. The van der Waals surface area contributed by atoms with Crippen molar-refractivity contribution in [3.63, 3.8) is 0 Å². The van der Waals surface area contributed by atoms with Crippen LogP contribution >= 0.6 is 11.6 Å². The second-order valence-corrected chi connectivity index (χ2v) is 6.86. The van der Waals surface area contributed by atoms with E-state index in [4.69, 9.17) is 16.3 Å². The van der Waals surface area contributed by atoms with E-state index in [1.165, 1.54) is 6.26 Å². The molecular weight excluding hydrogens is 276 g/mol. The first-order chi connectivity index (χ1) is 8.29. The van der Waals surface area contributed by atoms with Gasteiger partial charge in [0.2, 0.25) is 0 Å². The summed E-state index contributed by atoms with van der Waals surface area (Å²) in [5, 5.41) is 9.79. The van der Waals surface area contributed by atoms with Crippen LogP contribution in [0.3, 0.4) is 0 Å². The highest BCUT2D eigenvalue weighted by molar-refractivity contribution is 7.90. The van der Waals surface area contributed by atoms with Crippen LogP contribution in [-0.4, -0.2) is 32.1 Å². The molecule has 0 aromatic heterocycles. The average molecular weight is 293 g/mol. The smallest absolute Gasteiger partial charge is 0.147 e. The first-order valence-electron chi connectivity index (χ1n) is 5.57. The fraction of sp³-hybridized carbons (Fsp3) is 0.500. The van der Waals surface area contributed by atoms with Gasteiger partial charge in [0.05, 0.1) is 23.5 Å². The Labute approximate surface area is 112 Å². The number of halogens is 1. The van der Waals surface area contributed by atoms with E-state index >= 15 is 0 Å². The molecule has 0 bridgehead atoms. The van der Waals surface area contributed by atoms with E-state index in [-0.39, 0.29) is 5.75 Å². The molecule has 0 aliphatic carbocycles. The Balaban J connectivity index is 2.53. The molecule has 0 fully saturated rings. The van der Waals surface area contributed by atoms with E-state index in [1.54, 1.807) is 25.1 Å². The lowest BCUT2D eigenvalue weighted by Crippen LogP contribution is -2.08. The van der Waals surface area contributed by atoms with Crippen LogP contribution in [0.5, 0.6) is 5.75 Å². The minimum Gasteiger partial charge on any atom is -0.492 e. The highest BCUT2D eigenvalue weighted by atomic mass is 35.5. The van der Waals surface area contributed by atoms with Crippen LogP contribution < -0.4 is 4.74 Å². The molecule has 0 aliphatic rings. The minimum absolute atomic E-state index is 0.0936. The molecule has 1 rings (SSSR count). The zero-order valence-electron chi connectivity index (χ0n) is 10.4. The van der Waals surface area contributed by atoms with Gasteiger partial charge in [-0.2, -0.15) is 0 Å². The van der Waals surface area contributed by atoms with Crippen LogP contribution in [-0.2, 0) is 9.84 Å². The molecule has 0 unspecified atom stereocenters. The molecule has 6 heteroatoms. The Kier molecular flexibility index (Phi) is 5.44. The zero-order chi connectivity index (χ0) is 13.8. The molecule has 4 nitrogen and oxygen atoms in total. The quantitative estimate of drug-likeness (QED) is 0.817. The second-order valence-electron chi connectivity index (χ2n) is 4.20. The van der Waals surface area contributed by atoms with Gasteiger partial charge in [0, 0.05) is 6.26 Å². The Hall–Kier alpha value is -0.780. The van der Waals surface area contributed by atoms with Crippen LogP contribution in [0.4, 0.5) is 0 Å². The second kappa shape index (κ2) is 6.41. The van der Waals surface area contributed by atoms with Crippen LogP contribution in [0.25, 0.3) is 0 Å². The topological polar surface area (TPSA) is 63.6 Å². The molecule has 1 N–H and O–H groups in total. The molecule has 0 amide bonds. The molecule has 0 aliphatic heterocycles. The third-order valence-electron chi connectivity index (χ3n) is 2.36. The highest BCUT2D eigenvalue weighted by Crippen LogP contribution is 2.27. The van der Waals surface area contributed by atoms with Crippen molar-refractivity contribution in [3.8, 4) is 5.75 Å². The van der Waals surface area contributed by atoms with Gasteiger partial charge in [-0.05, 0) is 31.0 Å². The summed E-state index contributed by atoms with van der Waals surface area (Å²) in [7, 11) is -2.95. The van der Waals surface area contributed by atoms with Crippen molar-refractivity contribution in [1.29, 1.82) is 0 Å². The summed E-state index contributed by atoms with van der Waals surface area (Å²) in [6.45, 7) is 1.94. The van der Waals surface area contributed by atoms with Gasteiger partial charge in [-0.25, -0.2) is 8.42 Å². The van der Waals surface area contributed by atoms with E-state index in [1.807, 2.05) is 0 Å². The number of sulfone groups is 1. The number of hydrogen-bond acceptors (Lipinski definition) is 4. The standard InChI is InChI=1S/C12H17ClO4S/c1-9(14)10-4-5-12(11(13)8-10)17-6-3-7-18(2,15)16/h4-5,8-9,14H,3,6-7H2,1-2H3/t9-/m1/s1. The summed E-state index contributed by atoms with van der Waals surface area (Å²) >= 11 is 5.99. The van der Waals surface area contributed by atoms with Gasteiger partial charge in [-0.1, -0.05) is 17.7 Å². The lowest BCUT2D eigenvalue weighted by atomic mass is 10.1. The number of ether oxygens (including phenoxy) is 1. The van der Waals surface area contributed by atoms with Crippen molar-refractivity contribution < 1.29 is 18.3 Å². The fourth-order valence-electron chi connectivity index (χ4n) is 1.40. The van der Waals surface area contributed by atoms with Crippen molar-refractivity contribution in [2.45, 2.75) is 19.4 Å². The van der Waals surface area contributed by atoms with E-state index in [2.05, 4.69) is 0 Å².